The van der Waals surface area contributed by atoms with Crippen LogP contribution in [0.25, 0.3) is 0 Å². The average molecular weight is 398 g/mol. The Balaban J connectivity index is 3.17. The summed E-state index contributed by atoms with van der Waals surface area (Å²) in [5, 5.41) is 0. The van der Waals surface area contributed by atoms with Gasteiger partial charge in [-0.2, -0.15) is 11.8 Å². The minimum absolute atomic E-state index is 0.0540. The third-order valence-corrected chi connectivity index (χ3v) is 5.24. The molecule has 152 valence electrons. The van der Waals surface area contributed by atoms with Gasteiger partial charge < -0.3 is 4.74 Å². The van der Waals surface area contributed by atoms with Gasteiger partial charge in [0.2, 0.25) is 0 Å². The third-order valence-electron chi connectivity index (χ3n) is 4.30. The highest BCUT2D eigenvalue weighted by Gasteiger charge is 2.45. The first-order valence-electron chi connectivity index (χ1n) is 9.55. The van der Waals surface area contributed by atoms with Crippen LogP contribution >= 0.6 is 11.8 Å². The van der Waals surface area contributed by atoms with Gasteiger partial charge in [0.05, 0.1) is 24.5 Å². The van der Waals surface area contributed by atoms with E-state index in [-0.39, 0.29) is 36.9 Å². The van der Waals surface area contributed by atoms with Gasteiger partial charge >= 0.3 is 5.97 Å². The van der Waals surface area contributed by atoms with Gasteiger partial charge in [-0.1, -0.05) is 26.3 Å². The van der Waals surface area contributed by atoms with E-state index in [1.807, 2.05) is 6.92 Å². The molecule has 0 aromatic carbocycles. The lowest BCUT2D eigenvalue weighted by Gasteiger charge is -2.30. The topological polar surface area (TPSA) is 81.7 Å². The summed E-state index contributed by atoms with van der Waals surface area (Å²) < 4.78 is 5.14. The molecule has 0 bridgehead atoms. The number of hydrogen-bond acceptors (Lipinski definition) is 7. The van der Waals surface area contributed by atoms with Crippen LogP contribution in [0.5, 0.6) is 0 Å². The molecular weight excluding hydrogens is 366 g/mol. The van der Waals surface area contributed by atoms with Crippen molar-refractivity contribution in [2.75, 3.05) is 24.7 Å². The Morgan fingerprint density at radius 3 is 2.67 bits per heavy atom. The highest BCUT2D eigenvalue weighted by Crippen LogP contribution is 2.34. The van der Waals surface area contributed by atoms with Gasteiger partial charge in [0.1, 0.15) is 5.92 Å². The van der Waals surface area contributed by atoms with Crippen LogP contribution in [-0.2, 0) is 24.0 Å². The molecule has 0 aliphatic heterocycles. The molecule has 2 unspecified atom stereocenters. The Labute approximate surface area is 166 Å². The van der Waals surface area contributed by atoms with Gasteiger partial charge in [-0.15, -0.1) is 6.58 Å². The molecule has 0 aromatic rings. The second-order valence-corrected chi connectivity index (χ2v) is 7.67. The van der Waals surface area contributed by atoms with Gasteiger partial charge in [0.25, 0.3) is 0 Å². The largest absolute Gasteiger partial charge is 0.465 e. The summed E-state index contributed by atoms with van der Waals surface area (Å²) >= 11 is 1.73. The number of thioether (sulfide) groups is 1. The number of ketones is 2. The van der Waals surface area contributed by atoms with Crippen LogP contribution in [-0.4, -0.2) is 42.3 Å². The van der Waals surface area contributed by atoms with E-state index in [1.54, 1.807) is 24.8 Å². The van der Waals surface area contributed by atoms with Crippen LogP contribution < -0.4 is 5.48 Å². The molecule has 0 saturated heterocycles. The van der Waals surface area contributed by atoms with Crippen LogP contribution in [0, 0.1) is 11.8 Å². The van der Waals surface area contributed by atoms with Crippen molar-refractivity contribution in [2.45, 2.75) is 46.5 Å². The second kappa shape index (κ2) is 12.7. The van der Waals surface area contributed by atoms with Gasteiger partial charge in [-0.05, 0) is 37.2 Å². The van der Waals surface area contributed by atoms with Crippen molar-refractivity contribution in [2.24, 2.45) is 11.8 Å². The van der Waals surface area contributed by atoms with Gasteiger partial charge in [-0.25, -0.2) is 0 Å². The first-order chi connectivity index (χ1) is 13.0. The predicted octanol–water partition coefficient (Wildman–Crippen LogP) is 3.23. The first-order valence-corrected chi connectivity index (χ1v) is 10.7. The van der Waals surface area contributed by atoms with E-state index in [9.17, 15) is 14.4 Å². The summed E-state index contributed by atoms with van der Waals surface area (Å²) in [6, 6.07) is 0. The molecule has 27 heavy (non-hydrogen) atoms. The molecule has 1 aliphatic rings. The third kappa shape index (κ3) is 6.81. The summed E-state index contributed by atoms with van der Waals surface area (Å²) in [6.07, 6.45) is 3.58. The lowest BCUT2D eigenvalue weighted by molar-refractivity contribution is -0.154. The van der Waals surface area contributed by atoms with E-state index in [1.165, 1.54) is 0 Å². The molecule has 7 heteroatoms. The second-order valence-electron chi connectivity index (χ2n) is 6.27. The van der Waals surface area contributed by atoms with Crippen molar-refractivity contribution in [1.29, 1.82) is 0 Å². The fourth-order valence-electron chi connectivity index (χ4n) is 3.13. The van der Waals surface area contributed by atoms with E-state index in [4.69, 9.17) is 9.57 Å². The van der Waals surface area contributed by atoms with E-state index < -0.39 is 17.7 Å². The molecule has 6 nitrogen and oxygen atoms in total. The van der Waals surface area contributed by atoms with Crippen LogP contribution in [0.3, 0.4) is 0 Å². The molecule has 0 heterocycles. The summed E-state index contributed by atoms with van der Waals surface area (Å²) in [5.41, 5.74) is 3.21. The quantitative estimate of drug-likeness (QED) is 0.103. The highest BCUT2D eigenvalue weighted by atomic mass is 32.2. The smallest absolute Gasteiger partial charge is 0.317 e. The van der Waals surface area contributed by atoms with Crippen LogP contribution in [0.2, 0.25) is 0 Å². The molecule has 0 radical (unpaired) electrons. The van der Waals surface area contributed by atoms with Crippen LogP contribution in [0.4, 0.5) is 0 Å². The Morgan fingerprint density at radius 2 is 2.07 bits per heavy atom. The predicted molar refractivity (Wildman–Crippen MR) is 107 cm³/mol. The highest BCUT2D eigenvalue weighted by molar-refractivity contribution is 7.99. The molecule has 1 saturated carbocycles. The molecule has 2 atom stereocenters. The van der Waals surface area contributed by atoms with Crippen molar-refractivity contribution in [3.63, 3.8) is 0 Å². The molecule has 0 spiro atoms. The fraction of sp³-hybridized carbons (Fsp3) is 0.650. The number of rotatable bonds is 12. The number of hydrogen-bond donors (Lipinski definition) is 1. The van der Waals surface area contributed by atoms with Gasteiger partial charge in [-0.3, -0.25) is 24.7 Å². The van der Waals surface area contributed by atoms with Crippen molar-refractivity contribution >= 4 is 29.3 Å². The lowest BCUT2D eigenvalue weighted by atomic mass is 9.73. The normalized spacial score (nSPS) is 21.7. The zero-order valence-corrected chi connectivity index (χ0v) is 17.4. The minimum Gasteiger partial charge on any atom is -0.465 e. The van der Waals surface area contributed by atoms with Crippen molar-refractivity contribution < 1.29 is 24.0 Å². The molecule has 1 rings (SSSR count). The van der Waals surface area contributed by atoms with Crippen molar-refractivity contribution in [3.05, 3.63) is 23.9 Å². The van der Waals surface area contributed by atoms with E-state index >= 15 is 0 Å². The number of nitrogens with one attached hydrogen (secondary N) is 1. The molecule has 1 aliphatic carbocycles. The monoisotopic (exact) mass is 397 g/mol. The first kappa shape index (κ1) is 23.4. The Bertz CT molecular complexity index is 573. The molecule has 1 fully saturated rings. The van der Waals surface area contributed by atoms with E-state index in [2.05, 4.69) is 19.0 Å². The van der Waals surface area contributed by atoms with Gasteiger partial charge in [0.15, 0.2) is 11.6 Å². The lowest BCUT2D eigenvalue weighted by Crippen LogP contribution is -2.43. The maximum absolute atomic E-state index is 13.1. The number of carbonyl (C=O) groups is 3. The number of carbonyl (C=O) groups excluding carboxylic acids is 3. The number of esters is 1. The Hall–Kier alpha value is -1.60. The summed E-state index contributed by atoms with van der Waals surface area (Å²) in [5.74, 6) is -0.706. The van der Waals surface area contributed by atoms with Crippen molar-refractivity contribution in [1.82, 2.24) is 5.48 Å². The fourth-order valence-corrected chi connectivity index (χ4v) is 3.88. The zero-order valence-electron chi connectivity index (χ0n) is 16.5. The number of ether oxygens (including phenoxy) is 1. The summed E-state index contributed by atoms with van der Waals surface area (Å²) in [7, 11) is 0. The zero-order chi connectivity index (χ0) is 20.2. The average Bonchev–Trinajstić information content (AvgIpc) is 2.62. The van der Waals surface area contributed by atoms with E-state index in [0.717, 1.165) is 17.9 Å². The van der Waals surface area contributed by atoms with Crippen LogP contribution in [0.1, 0.15) is 46.5 Å². The molecular formula is C20H31NO5S. The molecule has 0 amide bonds. The Kier molecular flexibility index (Phi) is 11.0. The van der Waals surface area contributed by atoms with Crippen molar-refractivity contribution in [3.8, 4) is 0 Å². The van der Waals surface area contributed by atoms with Crippen LogP contribution in [0.15, 0.2) is 23.9 Å². The SMILES string of the molecule is C=CCON/C(CCC)=C1\C(=O)CC(CCSCC)C(C(=O)OCC)C1=O. The van der Waals surface area contributed by atoms with E-state index in [0.29, 0.717) is 18.5 Å². The summed E-state index contributed by atoms with van der Waals surface area (Å²) in [4.78, 5) is 43.7. The maximum atomic E-state index is 13.1. The minimum atomic E-state index is -0.928. The molecule has 0 aromatic heterocycles. The number of Topliss-reactive ketones (excluding diaryl/α,β-unsaturated/α-hetero) is 2. The molecule has 1 N–H and O–H groups in total. The standard InChI is InChI=1S/C20H31NO5S/c1-5-9-15(21-26-11-6-2)18-16(22)13-14(10-12-27-8-4)17(19(18)23)20(24)25-7-3/h6,14,17,21H,2,5,7-13H2,1,3-4H3/b18-15+. The van der Waals surface area contributed by atoms with Gasteiger partial charge in [0, 0.05) is 6.42 Å². The number of allylic oxidation sites excluding steroid dienone is 2. The maximum Gasteiger partial charge on any atom is 0.317 e. The number of hydroxylamine groups is 1. The summed E-state index contributed by atoms with van der Waals surface area (Å²) in [6.45, 7) is 9.72. The Morgan fingerprint density at radius 1 is 1.33 bits per heavy atom.